The molecule has 2 amide bonds. The average Bonchev–Trinajstić information content (AvgIpc) is 3.42. The van der Waals surface area contributed by atoms with Crippen molar-refractivity contribution in [3.63, 3.8) is 0 Å². The van der Waals surface area contributed by atoms with Gasteiger partial charge < -0.3 is 4.74 Å². The van der Waals surface area contributed by atoms with Crippen molar-refractivity contribution in [2.45, 2.75) is 33.2 Å². The van der Waals surface area contributed by atoms with E-state index in [1.807, 2.05) is 26.0 Å². The van der Waals surface area contributed by atoms with Gasteiger partial charge in [0.05, 0.1) is 11.8 Å². The lowest BCUT2D eigenvalue weighted by Crippen LogP contribution is -2.45. The van der Waals surface area contributed by atoms with Crippen molar-refractivity contribution in [3.05, 3.63) is 41.5 Å². The molecule has 0 spiro atoms. The number of imide groups is 1. The fourth-order valence-electron chi connectivity index (χ4n) is 5.48. The molecule has 2 saturated carbocycles. The van der Waals surface area contributed by atoms with Crippen LogP contribution in [-0.4, -0.2) is 28.7 Å². The Bertz CT molecular complexity index is 868. The number of carbonyl (C=O) groups excluding carboxylic acids is 3. The molecule has 5 aliphatic rings. The summed E-state index contributed by atoms with van der Waals surface area (Å²) in [5.74, 6) is 0.383. The molecule has 5 heteroatoms. The van der Waals surface area contributed by atoms with Crippen molar-refractivity contribution in [3.8, 4) is 5.75 Å². The van der Waals surface area contributed by atoms with Crippen molar-refractivity contribution >= 4 is 17.8 Å². The lowest BCUT2D eigenvalue weighted by Gasteiger charge is -2.37. The van der Waals surface area contributed by atoms with Crippen molar-refractivity contribution in [2.24, 2.45) is 35.5 Å². The topological polar surface area (TPSA) is 63.7 Å². The predicted octanol–water partition coefficient (Wildman–Crippen LogP) is 2.65. The van der Waals surface area contributed by atoms with Gasteiger partial charge in [-0.2, -0.15) is 0 Å². The quantitative estimate of drug-likeness (QED) is 0.358. The van der Waals surface area contributed by atoms with E-state index in [2.05, 4.69) is 12.2 Å². The summed E-state index contributed by atoms with van der Waals surface area (Å²) in [6.45, 7) is 5.38. The van der Waals surface area contributed by atoms with Crippen LogP contribution in [0, 0.1) is 49.4 Å². The maximum Gasteiger partial charge on any atom is 0.334 e. The lowest BCUT2D eigenvalue weighted by atomic mass is 9.63. The fraction of sp³-hybridized carbons (Fsp3) is 0.500. The number of ether oxygens (including phenoxy) is 1. The van der Waals surface area contributed by atoms with Crippen molar-refractivity contribution in [1.29, 1.82) is 0 Å². The molecule has 1 aromatic rings. The first-order valence-corrected chi connectivity index (χ1v) is 9.72. The SMILES string of the molecule is Cc1ccc(C)c(OC(=O)[C@@H](C)N2C(=O)[C@H]3[C@@H]4C=C[C@H]([C@H]5C[C@H]45)[C@@H]3C2=O)c1. The summed E-state index contributed by atoms with van der Waals surface area (Å²) in [6.07, 6.45) is 5.39. The number of amides is 2. The molecule has 0 aromatic heterocycles. The van der Waals surface area contributed by atoms with Gasteiger partial charge in [0.15, 0.2) is 0 Å². The summed E-state index contributed by atoms with van der Waals surface area (Å²) < 4.78 is 5.55. The maximum atomic E-state index is 13.1. The van der Waals surface area contributed by atoms with Crippen molar-refractivity contribution in [1.82, 2.24) is 4.90 Å². The Morgan fingerprint density at radius 3 is 2.26 bits per heavy atom. The van der Waals surface area contributed by atoms with Crippen molar-refractivity contribution < 1.29 is 19.1 Å². The molecule has 2 bridgehead atoms. The Morgan fingerprint density at radius 1 is 1.07 bits per heavy atom. The first kappa shape index (κ1) is 16.7. The molecule has 0 N–H and O–H groups in total. The minimum Gasteiger partial charge on any atom is -0.425 e. The average molecular weight is 365 g/mol. The molecule has 140 valence electrons. The minimum absolute atomic E-state index is 0.161. The highest BCUT2D eigenvalue weighted by Crippen LogP contribution is 2.65. The van der Waals surface area contributed by atoms with Gasteiger partial charge in [0.1, 0.15) is 11.8 Å². The molecule has 0 unspecified atom stereocenters. The van der Waals surface area contributed by atoms with E-state index in [4.69, 9.17) is 4.74 Å². The van der Waals surface area contributed by atoms with Gasteiger partial charge in [-0.25, -0.2) is 4.79 Å². The number of hydrogen-bond donors (Lipinski definition) is 0. The predicted molar refractivity (Wildman–Crippen MR) is 97.6 cm³/mol. The van der Waals surface area contributed by atoms with Gasteiger partial charge >= 0.3 is 5.97 Å². The second kappa shape index (κ2) is 5.54. The van der Waals surface area contributed by atoms with E-state index in [0.717, 1.165) is 17.5 Å². The summed E-state index contributed by atoms with van der Waals surface area (Å²) in [5.41, 5.74) is 1.83. The summed E-state index contributed by atoms with van der Waals surface area (Å²) in [7, 11) is 0. The second-order valence-electron chi connectivity index (χ2n) is 8.57. The van der Waals surface area contributed by atoms with Crippen molar-refractivity contribution in [2.75, 3.05) is 0 Å². The number of allylic oxidation sites excluding steroid dienone is 2. The number of rotatable bonds is 3. The number of likely N-dealkylation sites (tertiary alicyclic amines) is 1. The van der Waals surface area contributed by atoms with Gasteiger partial charge in [-0.3, -0.25) is 14.5 Å². The normalized spacial score (nSPS) is 36.5. The Kier molecular flexibility index (Phi) is 3.43. The zero-order chi connectivity index (χ0) is 19.0. The van der Waals surface area contributed by atoms with E-state index in [9.17, 15) is 14.4 Å². The minimum atomic E-state index is -0.911. The van der Waals surface area contributed by atoms with Crippen LogP contribution in [0.5, 0.6) is 5.75 Å². The highest BCUT2D eigenvalue weighted by molar-refractivity contribution is 6.08. The Hall–Kier alpha value is -2.43. The molecular weight excluding hydrogens is 342 g/mol. The molecule has 0 radical (unpaired) electrons. The third-order valence-corrected chi connectivity index (χ3v) is 6.98. The number of carbonyl (C=O) groups is 3. The van der Waals surface area contributed by atoms with E-state index < -0.39 is 12.0 Å². The molecule has 3 fully saturated rings. The Morgan fingerprint density at radius 2 is 1.67 bits per heavy atom. The highest BCUT2D eigenvalue weighted by atomic mass is 16.5. The van der Waals surface area contributed by atoms with Gasteiger partial charge in [0.2, 0.25) is 11.8 Å². The van der Waals surface area contributed by atoms with Crippen LogP contribution >= 0.6 is 0 Å². The third-order valence-electron chi connectivity index (χ3n) is 6.98. The van der Waals surface area contributed by atoms with Gasteiger partial charge in [-0.1, -0.05) is 24.3 Å². The van der Waals surface area contributed by atoms with E-state index in [1.54, 1.807) is 13.0 Å². The molecule has 4 aliphatic carbocycles. The van der Waals surface area contributed by atoms with Gasteiger partial charge in [0, 0.05) is 0 Å². The number of nitrogens with zero attached hydrogens (tertiary/aromatic N) is 1. The monoisotopic (exact) mass is 365 g/mol. The molecule has 27 heavy (non-hydrogen) atoms. The standard InChI is InChI=1S/C22H23NO4/c1-10-4-5-11(2)17(8-10)27-22(26)12(3)23-20(24)18-13-6-7-14(16-9-15(13)16)19(18)21(23)25/h4-8,12-16,18-19H,9H2,1-3H3/t12-,13-,14-,15-,16-,18+,19+/m1/s1. The van der Waals surface area contributed by atoms with Crippen LogP contribution in [0.15, 0.2) is 30.4 Å². The largest absolute Gasteiger partial charge is 0.425 e. The lowest BCUT2D eigenvalue weighted by molar-refractivity contribution is -0.152. The van der Waals surface area contributed by atoms with E-state index in [0.29, 0.717) is 17.6 Å². The zero-order valence-corrected chi connectivity index (χ0v) is 15.7. The Balaban J connectivity index is 1.39. The van der Waals surface area contributed by atoms with Crippen LogP contribution in [0.1, 0.15) is 24.5 Å². The van der Waals surface area contributed by atoms with E-state index in [1.165, 1.54) is 4.90 Å². The number of hydrogen-bond acceptors (Lipinski definition) is 4. The Labute approximate surface area is 158 Å². The molecular formula is C22H23NO4. The van der Waals surface area contributed by atoms with Crippen LogP contribution < -0.4 is 4.74 Å². The van der Waals surface area contributed by atoms with E-state index in [-0.39, 0.29) is 35.5 Å². The van der Waals surface area contributed by atoms with Crippen LogP contribution in [0.4, 0.5) is 0 Å². The summed E-state index contributed by atoms with van der Waals surface area (Å²) in [4.78, 5) is 40.1. The van der Waals surface area contributed by atoms with Crippen LogP contribution in [0.3, 0.4) is 0 Å². The smallest absolute Gasteiger partial charge is 0.334 e. The second-order valence-corrected chi connectivity index (χ2v) is 8.57. The van der Waals surface area contributed by atoms with Crippen LogP contribution in [0.25, 0.3) is 0 Å². The number of esters is 1. The maximum absolute atomic E-state index is 13.1. The van der Waals surface area contributed by atoms with Gasteiger partial charge in [0.25, 0.3) is 0 Å². The number of benzene rings is 1. The molecule has 7 atom stereocenters. The van der Waals surface area contributed by atoms with Gasteiger partial charge in [-0.15, -0.1) is 0 Å². The van der Waals surface area contributed by atoms with Crippen LogP contribution in [-0.2, 0) is 14.4 Å². The zero-order valence-electron chi connectivity index (χ0n) is 15.7. The molecule has 1 heterocycles. The third kappa shape index (κ3) is 2.27. The summed E-state index contributed by atoms with van der Waals surface area (Å²) in [6, 6.07) is 4.72. The molecule has 5 nitrogen and oxygen atoms in total. The van der Waals surface area contributed by atoms with Crippen LogP contribution in [0.2, 0.25) is 0 Å². The molecule has 1 aromatic carbocycles. The summed E-state index contributed by atoms with van der Waals surface area (Å²) in [5, 5.41) is 0. The summed E-state index contributed by atoms with van der Waals surface area (Å²) >= 11 is 0. The van der Waals surface area contributed by atoms with E-state index >= 15 is 0 Å². The fourth-order valence-corrected chi connectivity index (χ4v) is 5.48. The molecule has 6 rings (SSSR count). The van der Waals surface area contributed by atoms with Gasteiger partial charge in [-0.05, 0) is 68.1 Å². The first-order valence-electron chi connectivity index (χ1n) is 9.72. The highest BCUT2D eigenvalue weighted by Gasteiger charge is 2.67. The molecule has 1 aliphatic heterocycles. The number of aryl methyl sites for hydroxylation is 2. The molecule has 1 saturated heterocycles. The first-order chi connectivity index (χ1) is 12.9.